The number of ether oxygens (including phenoxy) is 1. The van der Waals surface area contributed by atoms with Gasteiger partial charge in [0.15, 0.2) is 0 Å². The minimum atomic E-state index is 0.164. The third-order valence-corrected chi connectivity index (χ3v) is 4.49. The Kier molecular flexibility index (Phi) is 2.74. The van der Waals surface area contributed by atoms with Gasteiger partial charge in [0.05, 0.1) is 25.3 Å². The topological polar surface area (TPSA) is 29.5 Å². The van der Waals surface area contributed by atoms with Crippen LogP contribution in [0.4, 0.5) is 0 Å². The predicted molar refractivity (Wildman–Crippen MR) is 77.7 cm³/mol. The second kappa shape index (κ2) is 4.60. The molecule has 0 aliphatic carbocycles. The van der Waals surface area contributed by atoms with E-state index >= 15 is 0 Å². The smallest absolute Gasteiger partial charge is 0.255 e. The molecule has 3 heteroatoms. The van der Waals surface area contributed by atoms with Gasteiger partial charge in [0.25, 0.3) is 5.91 Å². The summed E-state index contributed by atoms with van der Waals surface area (Å²) in [4.78, 5) is 15.0. The molecule has 2 fully saturated rings. The van der Waals surface area contributed by atoms with Crippen molar-refractivity contribution in [2.24, 2.45) is 0 Å². The Balaban J connectivity index is 1.78. The molecule has 0 N–H and O–H groups in total. The van der Waals surface area contributed by atoms with Crippen LogP contribution in [0.15, 0.2) is 42.5 Å². The van der Waals surface area contributed by atoms with Gasteiger partial charge in [-0.1, -0.05) is 36.4 Å². The molecule has 1 amide bonds. The van der Waals surface area contributed by atoms with Gasteiger partial charge in [0, 0.05) is 5.56 Å². The van der Waals surface area contributed by atoms with Gasteiger partial charge < -0.3 is 9.64 Å². The van der Waals surface area contributed by atoms with E-state index in [9.17, 15) is 4.79 Å². The van der Waals surface area contributed by atoms with Crippen LogP contribution >= 0.6 is 0 Å². The molecule has 2 aromatic carbocycles. The van der Waals surface area contributed by atoms with E-state index in [4.69, 9.17) is 4.74 Å². The van der Waals surface area contributed by atoms with Crippen LogP contribution in [-0.4, -0.2) is 36.1 Å². The van der Waals surface area contributed by atoms with Crippen LogP contribution in [0, 0.1) is 0 Å². The number of hydrogen-bond donors (Lipinski definition) is 0. The van der Waals surface area contributed by atoms with Crippen LogP contribution in [0.5, 0.6) is 0 Å². The van der Waals surface area contributed by atoms with E-state index < -0.39 is 0 Å². The lowest BCUT2D eigenvalue weighted by Gasteiger charge is -2.35. The molecule has 0 radical (unpaired) electrons. The SMILES string of the molecule is O=C(c1cccc2ccccc12)N1[C@@H]2CC[C@@H]1COC2. The van der Waals surface area contributed by atoms with Crippen molar-refractivity contribution >= 4 is 16.7 Å². The van der Waals surface area contributed by atoms with E-state index in [0.717, 1.165) is 29.2 Å². The molecule has 3 nitrogen and oxygen atoms in total. The second-order valence-corrected chi connectivity index (χ2v) is 5.66. The summed E-state index contributed by atoms with van der Waals surface area (Å²) in [6, 6.07) is 14.6. The largest absolute Gasteiger partial charge is 0.377 e. The number of benzene rings is 2. The first kappa shape index (κ1) is 11.9. The summed E-state index contributed by atoms with van der Waals surface area (Å²) in [7, 11) is 0. The highest BCUT2D eigenvalue weighted by Crippen LogP contribution is 2.31. The Labute approximate surface area is 118 Å². The van der Waals surface area contributed by atoms with Crippen LogP contribution in [-0.2, 0) is 4.74 Å². The van der Waals surface area contributed by atoms with Gasteiger partial charge in [-0.05, 0) is 29.7 Å². The van der Waals surface area contributed by atoms with Gasteiger partial charge in [-0.3, -0.25) is 4.79 Å². The van der Waals surface area contributed by atoms with E-state index in [1.54, 1.807) is 0 Å². The van der Waals surface area contributed by atoms with Crippen LogP contribution in [0.1, 0.15) is 23.2 Å². The molecule has 0 aromatic heterocycles. The van der Waals surface area contributed by atoms with Crippen LogP contribution in [0.25, 0.3) is 10.8 Å². The zero-order valence-corrected chi connectivity index (χ0v) is 11.3. The summed E-state index contributed by atoms with van der Waals surface area (Å²) in [5.74, 6) is 0.164. The molecule has 0 spiro atoms. The average Bonchev–Trinajstić information content (AvgIpc) is 2.75. The van der Waals surface area contributed by atoms with Gasteiger partial charge in [-0.25, -0.2) is 0 Å². The minimum absolute atomic E-state index is 0.164. The number of amides is 1. The van der Waals surface area contributed by atoms with Crippen LogP contribution in [0.2, 0.25) is 0 Å². The maximum atomic E-state index is 12.9. The summed E-state index contributed by atoms with van der Waals surface area (Å²) in [6.45, 7) is 1.38. The van der Waals surface area contributed by atoms with Gasteiger partial charge >= 0.3 is 0 Å². The molecule has 0 saturated carbocycles. The van der Waals surface area contributed by atoms with Crippen molar-refractivity contribution in [3.05, 3.63) is 48.0 Å². The molecule has 2 saturated heterocycles. The molecule has 2 bridgehead atoms. The Bertz CT molecular complexity index is 646. The highest BCUT2D eigenvalue weighted by molar-refractivity contribution is 6.07. The normalized spacial score (nSPS) is 25.1. The summed E-state index contributed by atoms with van der Waals surface area (Å²) in [5.41, 5.74) is 0.821. The molecule has 4 rings (SSSR count). The number of carbonyl (C=O) groups is 1. The van der Waals surface area contributed by atoms with Gasteiger partial charge in [0.1, 0.15) is 0 Å². The number of nitrogens with zero attached hydrogens (tertiary/aromatic N) is 1. The lowest BCUT2D eigenvalue weighted by atomic mass is 10.0. The summed E-state index contributed by atoms with van der Waals surface area (Å²) < 4.78 is 5.57. The van der Waals surface area contributed by atoms with Crippen molar-refractivity contribution in [1.29, 1.82) is 0 Å². The van der Waals surface area contributed by atoms with Crippen molar-refractivity contribution in [3.8, 4) is 0 Å². The molecule has 0 unspecified atom stereocenters. The van der Waals surface area contributed by atoms with Crippen molar-refractivity contribution in [2.45, 2.75) is 24.9 Å². The van der Waals surface area contributed by atoms with E-state index in [1.807, 2.05) is 30.3 Å². The van der Waals surface area contributed by atoms with E-state index in [1.165, 1.54) is 0 Å². The van der Waals surface area contributed by atoms with Crippen molar-refractivity contribution in [2.75, 3.05) is 13.2 Å². The maximum absolute atomic E-state index is 12.9. The molecule has 2 heterocycles. The Morgan fingerprint density at radius 2 is 1.70 bits per heavy atom. The molecule has 2 atom stereocenters. The van der Waals surface area contributed by atoms with Crippen molar-refractivity contribution in [3.63, 3.8) is 0 Å². The average molecular weight is 267 g/mol. The highest BCUT2D eigenvalue weighted by Gasteiger charge is 2.40. The van der Waals surface area contributed by atoms with Crippen LogP contribution in [0.3, 0.4) is 0 Å². The summed E-state index contributed by atoms with van der Waals surface area (Å²) >= 11 is 0. The number of rotatable bonds is 1. The zero-order valence-electron chi connectivity index (χ0n) is 11.3. The lowest BCUT2D eigenvalue weighted by Crippen LogP contribution is -2.49. The fourth-order valence-corrected chi connectivity index (χ4v) is 3.51. The molecule has 102 valence electrons. The van der Waals surface area contributed by atoms with E-state index in [2.05, 4.69) is 17.0 Å². The first-order valence-corrected chi connectivity index (χ1v) is 7.23. The number of carbonyl (C=O) groups excluding carboxylic acids is 1. The Morgan fingerprint density at radius 1 is 1.00 bits per heavy atom. The third kappa shape index (κ3) is 1.74. The fourth-order valence-electron chi connectivity index (χ4n) is 3.51. The molecular formula is C17H17NO2. The lowest BCUT2D eigenvalue weighted by molar-refractivity contribution is -0.00705. The maximum Gasteiger partial charge on any atom is 0.255 e. The highest BCUT2D eigenvalue weighted by atomic mass is 16.5. The number of hydrogen-bond acceptors (Lipinski definition) is 2. The predicted octanol–water partition coefficient (Wildman–Crippen LogP) is 2.84. The Hall–Kier alpha value is -1.87. The van der Waals surface area contributed by atoms with Gasteiger partial charge in [0.2, 0.25) is 0 Å². The van der Waals surface area contributed by atoms with Gasteiger partial charge in [-0.15, -0.1) is 0 Å². The third-order valence-electron chi connectivity index (χ3n) is 4.49. The first-order valence-electron chi connectivity index (χ1n) is 7.23. The number of morpholine rings is 1. The number of fused-ring (bicyclic) bond motifs is 3. The molecule has 2 aromatic rings. The van der Waals surface area contributed by atoms with E-state index in [0.29, 0.717) is 13.2 Å². The first-order chi connectivity index (χ1) is 9.84. The summed E-state index contributed by atoms with van der Waals surface area (Å²) in [6.07, 6.45) is 2.14. The molecule has 2 aliphatic rings. The molecule has 2 aliphatic heterocycles. The van der Waals surface area contributed by atoms with E-state index in [-0.39, 0.29) is 18.0 Å². The van der Waals surface area contributed by atoms with Crippen molar-refractivity contribution in [1.82, 2.24) is 4.90 Å². The second-order valence-electron chi connectivity index (χ2n) is 5.66. The Morgan fingerprint density at radius 3 is 2.50 bits per heavy atom. The minimum Gasteiger partial charge on any atom is -0.377 e. The molecular weight excluding hydrogens is 250 g/mol. The monoisotopic (exact) mass is 267 g/mol. The quantitative estimate of drug-likeness (QED) is 0.795. The van der Waals surface area contributed by atoms with Crippen LogP contribution < -0.4 is 0 Å². The summed E-state index contributed by atoms with van der Waals surface area (Å²) in [5, 5.41) is 2.17. The zero-order chi connectivity index (χ0) is 13.5. The van der Waals surface area contributed by atoms with Gasteiger partial charge in [-0.2, -0.15) is 0 Å². The molecule has 20 heavy (non-hydrogen) atoms. The standard InChI is InChI=1S/C17H17NO2/c19-17(18-13-8-9-14(18)11-20-10-13)16-7-3-5-12-4-1-2-6-15(12)16/h1-7,13-14H,8-11H2/t13-,14-/m1/s1. The van der Waals surface area contributed by atoms with Crippen molar-refractivity contribution < 1.29 is 9.53 Å². The fraction of sp³-hybridized carbons (Fsp3) is 0.353.